The van der Waals surface area contributed by atoms with E-state index in [2.05, 4.69) is 10.5 Å². The van der Waals surface area contributed by atoms with Crippen LogP contribution < -0.4 is 14.9 Å². The van der Waals surface area contributed by atoms with Gasteiger partial charge in [0.2, 0.25) is 5.91 Å². The molecule has 1 heterocycles. The predicted octanol–water partition coefficient (Wildman–Crippen LogP) is 1.17. The van der Waals surface area contributed by atoms with Crippen LogP contribution in [0, 0.1) is 5.92 Å². The van der Waals surface area contributed by atoms with Gasteiger partial charge in [0, 0.05) is 12.1 Å². The van der Waals surface area contributed by atoms with Crippen molar-refractivity contribution < 1.29 is 22.7 Å². The SMILES string of the molecule is COc1ccc(C/C(C)=N\NC(=O)[C@@H]2CCS(=O)(=O)C2)cc1OC. The number of benzene rings is 1. The van der Waals surface area contributed by atoms with E-state index in [9.17, 15) is 13.2 Å². The number of carbonyl (C=O) groups excluding carboxylic acids is 1. The number of rotatable bonds is 6. The molecule has 0 aliphatic carbocycles. The summed E-state index contributed by atoms with van der Waals surface area (Å²) in [7, 11) is 0.0633. The molecule has 0 aromatic heterocycles. The maximum atomic E-state index is 12.0. The molecule has 7 nitrogen and oxygen atoms in total. The third-order valence-corrected chi connectivity index (χ3v) is 5.64. The van der Waals surface area contributed by atoms with Crippen LogP contribution in [0.15, 0.2) is 23.3 Å². The summed E-state index contributed by atoms with van der Waals surface area (Å²) in [4.78, 5) is 12.0. The molecule has 1 aliphatic rings. The Labute approximate surface area is 142 Å². The molecular formula is C16H22N2O5S. The molecule has 1 saturated heterocycles. The predicted molar refractivity (Wildman–Crippen MR) is 91.3 cm³/mol. The Hall–Kier alpha value is -2.09. The zero-order valence-electron chi connectivity index (χ0n) is 14.0. The Kier molecular flexibility index (Phi) is 5.82. The van der Waals surface area contributed by atoms with E-state index in [0.29, 0.717) is 30.1 Å². The van der Waals surface area contributed by atoms with Gasteiger partial charge in [-0.15, -0.1) is 0 Å². The van der Waals surface area contributed by atoms with Gasteiger partial charge in [-0.25, -0.2) is 13.8 Å². The molecule has 1 N–H and O–H groups in total. The molecule has 0 unspecified atom stereocenters. The molecule has 1 aromatic carbocycles. The van der Waals surface area contributed by atoms with Crippen LogP contribution in [0.25, 0.3) is 0 Å². The number of carbonyl (C=O) groups is 1. The number of amides is 1. The number of hydrogen-bond donors (Lipinski definition) is 1. The zero-order valence-corrected chi connectivity index (χ0v) is 14.9. The number of ether oxygens (including phenoxy) is 2. The monoisotopic (exact) mass is 354 g/mol. The molecule has 1 atom stereocenters. The van der Waals surface area contributed by atoms with Gasteiger partial charge in [-0.05, 0) is 31.0 Å². The van der Waals surface area contributed by atoms with Gasteiger partial charge in [-0.1, -0.05) is 6.07 Å². The van der Waals surface area contributed by atoms with Crippen molar-refractivity contribution in [1.29, 1.82) is 0 Å². The van der Waals surface area contributed by atoms with Crippen LogP contribution in [0.5, 0.6) is 11.5 Å². The van der Waals surface area contributed by atoms with E-state index >= 15 is 0 Å². The quantitative estimate of drug-likeness (QED) is 0.611. The number of nitrogens with one attached hydrogen (secondary N) is 1. The largest absolute Gasteiger partial charge is 0.493 e. The maximum absolute atomic E-state index is 12.0. The lowest BCUT2D eigenvalue weighted by Crippen LogP contribution is -2.28. The van der Waals surface area contributed by atoms with Crippen molar-refractivity contribution in [1.82, 2.24) is 5.43 Å². The molecule has 1 amide bonds. The highest BCUT2D eigenvalue weighted by Crippen LogP contribution is 2.27. The molecule has 2 rings (SSSR count). The minimum atomic E-state index is -3.08. The highest BCUT2D eigenvalue weighted by molar-refractivity contribution is 7.91. The van der Waals surface area contributed by atoms with E-state index < -0.39 is 15.8 Å². The third-order valence-electron chi connectivity index (χ3n) is 3.87. The van der Waals surface area contributed by atoms with Crippen molar-refractivity contribution in [3.63, 3.8) is 0 Å². The van der Waals surface area contributed by atoms with E-state index in [0.717, 1.165) is 5.56 Å². The van der Waals surface area contributed by atoms with Crippen LogP contribution in [-0.2, 0) is 21.1 Å². The van der Waals surface area contributed by atoms with Crippen LogP contribution in [-0.4, -0.2) is 45.8 Å². The molecule has 1 aromatic rings. The van der Waals surface area contributed by atoms with Gasteiger partial charge in [0.15, 0.2) is 21.3 Å². The number of methoxy groups -OCH3 is 2. The maximum Gasteiger partial charge on any atom is 0.244 e. The minimum Gasteiger partial charge on any atom is -0.493 e. The molecule has 0 spiro atoms. The van der Waals surface area contributed by atoms with E-state index in [1.807, 2.05) is 18.2 Å². The second kappa shape index (κ2) is 7.65. The van der Waals surface area contributed by atoms with Crippen molar-refractivity contribution >= 4 is 21.5 Å². The van der Waals surface area contributed by atoms with Gasteiger partial charge in [-0.3, -0.25) is 4.79 Å². The van der Waals surface area contributed by atoms with Gasteiger partial charge >= 0.3 is 0 Å². The summed E-state index contributed by atoms with van der Waals surface area (Å²) in [6, 6.07) is 5.55. The van der Waals surface area contributed by atoms with Gasteiger partial charge in [-0.2, -0.15) is 5.10 Å². The second-order valence-corrected chi connectivity index (χ2v) is 8.02. The highest BCUT2D eigenvalue weighted by atomic mass is 32.2. The molecule has 1 fully saturated rings. The lowest BCUT2D eigenvalue weighted by molar-refractivity contribution is -0.124. The summed E-state index contributed by atoms with van der Waals surface area (Å²) in [6.45, 7) is 1.79. The first-order valence-corrected chi connectivity index (χ1v) is 9.41. The Morgan fingerprint density at radius 1 is 1.29 bits per heavy atom. The van der Waals surface area contributed by atoms with Crippen LogP contribution in [0.3, 0.4) is 0 Å². The van der Waals surface area contributed by atoms with Gasteiger partial charge < -0.3 is 9.47 Å². The Morgan fingerprint density at radius 3 is 2.58 bits per heavy atom. The fraction of sp³-hybridized carbons (Fsp3) is 0.500. The van der Waals surface area contributed by atoms with E-state index in [1.54, 1.807) is 21.1 Å². The average molecular weight is 354 g/mol. The molecule has 0 bridgehead atoms. The molecule has 132 valence electrons. The summed E-state index contributed by atoms with van der Waals surface area (Å²) in [5, 5.41) is 4.06. The first-order valence-electron chi connectivity index (χ1n) is 7.59. The normalized spacial score (nSPS) is 19.8. The molecule has 0 saturated carbocycles. The van der Waals surface area contributed by atoms with Crippen molar-refractivity contribution in [3.05, 3.63) is 23.8 Å². The smallest absolute Gasteiger partial charge is 0.244 e. The van der Waals surface area contributed by atoms with Crippen LogP contribution in [0.4, 0.5) is 0 Å². The van der Waals surface area contributed by atoms with Crippen molar-refractivity contribution in [2.45, 2.75) is 19.8 Å². The lowest BCUT2D eigenvalue weighted by Gasteiger charge is -2.10. The van der Waals surface area contributed by atoms with Gasteiger partial charge in [0.25, 0.3) is 0 Å². The van der Waals surface area contributed by atoms with Crippen LogP contribution in [0.2, 0.25) is 0 Å². The highest BCUT2D eigenvalue weighted by Gasteiger charge is 2.32. The topological polar surface area (TPSA) is 94.1 Å². The lowest BCUT2D eigenvalue weighted by atomic mass is 10.1. The fourth-order valence-corrected chi connectivity index (χ4v) is 4.31. The van der Waals surface area contributed by atoms with Gasteiger partial charge in [0.05, 0.1) is 31.6 Å². The summed E-state index contributed by atoms with van der Waals surface area (Å²) in [5.41, 5.74) is 4.13. The van der Waals surface area contributed by atoms with Crippen molar-refractivity contribution in [2.24, 2.45) is 11.0 Å². The van der Waals surface area contributed by atoms with Crippen LogP contribution in [0.1, 0.15) is 18.9 Å². The van der Waals surface area contributed by atoms with Gasteiger partial charge in [0.1, 0.15) is 0 Å². The summed E-state index contributed by atoms with van der Waals surface area (Å²) < 4.78 is 33.2. The minimum absolute atomic E-state index is 0.0689. The van der Waals surface area contributed by atoms with E-state index in [1.165, 1.54) is 0 Å². The molecule has 1 aliphatic heterocycles. The Balaban J connectivity index is 1.95. The second-order valence-electron chi connectivity index (χ2n) is 5.79. The zero-order chi connectivity index (χ0) is 17.7. The standard InChI is InChI=1S/C16H22N2O5S/c1-11(8-12-4-5-14(22-2)15(9-12)23-3)17-18-16(19)13-6-7-24(20,21)10-13/h4-5,9,13H,6-8,10H2,1-3H3,(H,18,19)/b17-11-/t13-/m1/s1. The summed E-state index contributed by atoms with van der Waals surface area (Å²) in [6.07, 6.45) is 0.891. The average Bonchev–Trinajstić information content (AvgIpc) is 2.92. The van der Waals surface area contributed by atoms with Crippen LogP contribution >= 0.6 is 0 Å². The van der Waals surface area contributed by atoms with E-state index in [-0.39, 0.29) is 17.4 Å². The number of sulfone groups is 1. The Morgan fingerprint density at radius 2 is 2.00 bits per heavy atom. The first-order chi connectivity index (χ1) is 11.3. The number of hydrazone groups is 1. The number of nitrogens with zero attached hydrogens (tertiary/aromatic N) is 1. The Bertz CT molecular complexity index is 743. The first kappa shape index (κ1) is 18.3. The number of hydrogen-bond acceptors (Lipinski definition) is 6. The van der Waals surface area contributed by atoms with Crippen molar-refractivity contribution in [3.8, 4) is 11.5 Å². The molecular weight excluding hydrogens is 332 g/mol. The third kappa shape index (κ3) is 4.70. The molecule has 24 heavy (non-hydrogen) atoms. The summed E-state index contributed by atoms with van der Waals surface area (Å²) in [5.74, 6) is 0.396. The summed E-state index contributed by atoms with van der Waals surface area (Å²) >= 11 is 0. The van der Waals surface area contributed by atoms with Crippen molar-refractivity contribution in [2.75, 3.05) is 25.7 Å². The van der Waals surface area contributed by atoms with E-state index in [4.69, 9.17) is 9.47 Å². The fourth-order valence-electron chi connectivity index (χ4n) is 2.57. The molecule has 8 heteroatoms. The molecule has 0 radical (unpaired) electrons.